The minimum Gasteiger partial charge on any atom is -0.478 e. The number of aryl methyl sites for hydroxylation is 2. The van der Waals surface area contributed by atoms with Crippen LogP contribution < -0.4 is 0 Å². The molecular formula is C13H12O2S. The van der Waals surface area contributed by atoms with Crippen LogP contribution in [0.5, 0.6) is 0 Å². The van der Waals surface area contributed by atoms with Crippen LogP contribution in [0.4, 0.5) is 0 Å². The average Bonchev–Trinajstić information content (AvgIpc) is 2.65. The van der Waals surface area contributed by atoms with Gasteiger partial charge in [-0.3, -0.25) is 0 Å². The van der Waals surface area contributed by atoms with E-state index in [1.165, 1.54) is 5.56 Å². The van der Waals surface area contributed by atoms with Gasteiger partial charge in [0.2, 0.25) is 0 Å². The first-order valence-corrected chi connectivity index (χ1v) is 5.85. The second kappa shape index (κ2) is 4.10. The molecule has 0 aliphatic rings. The molecule has 0 aliphatic heterocycles. The van der Waals surface area contributed by atoms with Crippen LogP contribution in [-0.2, 0) is 0 Å². The van der Waals surface area contributed by atoms with E-state index in [9.17, 15) is 4.79 Å². The van der Waals surface area contributed by atoms with Crippen LogP contribution >= 0.6 is 11.3 Å². The van der Waals surface area contributed by atoms with Gasteiger partial charge in [-0.25, -0.2) is 4.79 Å². The maximum atomic E-state index is 11.0. The molecule has 1 heterocycles. The third-order valence-corrected chi connectivity index (χ3v) is 3.58. The SMILES string of the molecule is Cc1csc(-c2ccc(C)c(C(=O)O)c2)c1. The molecule has 2 nitrogen and oxygen atoms in total. The first kappa shape index (κ1) is 10.9. The monoisotopic (exact) mass is 232 g/mol. The smallest absolute Gasteiger partial charge is 0.335 e. The lowest BCUT2D eigenvalue weighted by Gasteiger charge is -2.03. The van der Waals surface area contributed by atoms with E-state index in [0.29, 0.717) is 5.56 Å². The van der Waals surface area contributed by atoms with Gasteiger partial charge in [-0.2, -0.15) is 0 Å². The topological polar surface area (TPSA) is 37.3 Å². The molecule has 82 valence electrons. The highest BCUT2D eigenvalue weighted by Gasteiger charge is 2.09. The molecule has 1 N–H and O–H groups in total. The molecule has 16 heavy (non-hydrogen) atoms. The van der Waals surface area contributed by atoms with Gasteiger partial charge in [0.05, 0.1) is 5.56 Å². The Hall–Kier alpha value is -1.61. The normalized spacial score (nSPS) is 10.4. The zero-order valence-corrected chi connectivity index (χ0v) is 9.97. The Morgan fingerprint density at radius 3 is 2.56 bits per heavy atom. The van der Waals surface area contributed by atoms with Crippen molar-refractivity contribution in [1.82, 2.24) is 0 Å². The second-order valence-corrected chi connectivity index (χ2v) is 4.73. The molecule has 1 aromatic carbocycles. The molecule has 2 aromatic rings. The van der Waals surface area contributed by atoms with Crippen LogP contribution in [-0.4, -0.2) is 11.1 Å². The fourth-order valence-electron chi connectivity index (χ4n) is 1.59. The van der Waals surface area contributed by atoms with Crippen molar-refractivity contribution in [3.63, 3.8) is 0 Å². The summed E-state index contributed by atoms with van der Waals surface area (Å²) in [5.74, 6) is -0.868. The standard InChI is InChI=1S/C13H12O2S/c1-8-5-12(16-7-8)10-4-3-9(2)11(6-10)13(14)15/h3-7H,1-2H3,(H,14,15). The summed E-state index contributed by atoms with van der Waals surface area (Å²) >= 11 is 1.64. The van der Waals surface area contributed by atoms with Gasteiger partial charge in [0.15, 0.2) is 0 Å². The zero-order valence-electron chi connectivity index (χ0n) is 9.15. The van der Waals surface area contributed by atoms with E-state index in [1.54, 1.807) is 17.4 Å². The predicted molar refractivity (Wildman–Crippen MR) is 66.2 cm³/mol. The number of hydrogen-bond acceptors (Lipinski definition) is 2. The lowest BCUT2D eigenvalue weighted by molar-refractivity contribution is 0.0696. The molecule has 0 aliphatic carbocycles. The average molecular weight is 232 g/mol. The van der Waals surface area contributed by atoms with Crippen molar-refractivity contribution in [3.8, 4) is 10.4 Å². The molecule has 0 fully saturated rings. The molecule has 0 bridgehead atoms. The highest BCUT2D eigenvalue weighted by atomic mass is 32.1. The van der Waals surface area contributed by atoms with E-state index in [1.807, 2.05) is 26.0 Å². The summed E-state index contributed by atoms with van der Waals surface area (Å²) in [5, 5.41) is 11.1. The number of aromatic carboxylic acids is 1. The lowest BCUT2D eigenvalue weighted by atomic mass is 10.0. The van der Waals surface area contributed by atoms with E-state index in [0.717, 1.165) is 16.0 Å². The maximum Gasteiger partial charge on any atom is 0.335 e. The molecular weight excluding hydrogens is 220 g/mol. The molecule has 0 unspecified atom stereocenters. The van der Waals surface area contributed by atoms with Crippen molar-refractivity contribution in [2.45, 2.75) is 13.8 Å². The quantitative estimate of drug-likeness (QED) is 0.856. The number of carboxylic acids is 1. The lowest BCUT2D eigenvalue weighted by Crippen LogP contribution is -1.99. The largest absolute Gasteiger partial charge is 0.478 e. The molecule has 0 amide bonds. The molecule has 0 radical (unpaired) electrons. The Morgan fingerprint density at radius 2 is 2.00 bits per heavy atom. The van der Waals surface area contributed by atoms with E-state index in [4.69, 9.17) is 5.11 Å². The van der Waals surface area contributed by atoms with Crippen molar-refractivity contribution < 1.29 is 9.90 Å². The Labute approximate surface area is 98.2 Å². The van der Waals surface area contributed by atoms with Crippen molar-refractivity contribution in [2.24, 2.45) is 0 Å². The van der Waals surface area contributed by atoms with Gasteiger partial charge in [-0.05, 0) is 48.1 Å². The van der Waals surface area contributed by atoms with Gasteiger partial charge in [0.25, 0.3) is 0 Å². The minimum absolute atomic E-state index is 0.378. The summed E-state index contributed by atoms with van der Waals surface area (Å²) in [6.07, 6.45) is 0. The van der Waals surface area contributed by atoms with Crippen molar-refractivity contribution >= 4 is 17.3 Å². The van der Waals surface area contributed by atoms with Crippen LogP contribution in [0.15, 0.2) is 29.6 Å². The van der Waals surface area contributed by atoms with E-state index in [2.05, 4.69) is 11.4 Å². The van der Waals surface area contributed by atoms with Gasteiger partial charge in [0, 0.05) is 4.88 Å². The minimum atomic E-state index is -0.868. The van der Waals surface area contributed by atoms with Crippen LogP contribution in [0, 0.1) is 13.8 Å². The molecule has 0 saturated carbocycles. The summed E-state index contributed by atoms with van der Waals surface area (Å²) in [5.41, 5.74) is 3.35. The summed E-state index contributed by atoms with van der Waals surface area (Å²) in [6, 6.07) is 7.63. The highest BCUT2D eigenvalue weighted by Crippen LogP contribution is 2.28. The summed E-state index contributed by atoms with van der Waals surface area (Å²) in [7, 11) is 0. The number of carbonyl (C=O) groups is 1. The first-order valence-electron chi connectivity index (χ1n) is 4.97. The Balaban J connectivity index is 2.51. The van der Waals surface area contributed by atoms with E-state index < -0.39 is 5.97 Å². The molecule has 0 spiro atoms. The molecule has 2 rings (SSSR count). The van der Waals surface area contributed by atoms with Gasteiger partial charge in [-0.15, -0.1) is 11.3 Å². The first-order chi connectivity index (χ1) is 7.58. The van der Waals surface area contributed by atoms with Crippen LogP contribution in [0.1, 0.15) is 21.5 Å². The highest BCUT2D eigenvalue weighted by molar-refractivity contribution is 7.13. The summed E-state index contributed by atoms with van der Waals surface area (Å²) < 4.78 is 0. The fraction of sp³-hybridized carbons (Fsp3) is 0.154. The number of carboxylic acid groups (broad SMARTS) is 1. The molecule has 1 aromatic heterocycles. The zero-order chi connectivity index (χ0) is 11.7. The molecule has 0 atom stereocenters. The van der Waals surface area contributed by atoms with Crippen molar-refractivity contribution in [1.29, 1.82) is 0 Å². The Kier molecular flexibility index (Phi) is 2.79. The predicted octanol–water partition coefficient (Wildman–Crippen LogP) is 3.73. The fourth-order valence-corrected chi connectivity index (χ4v) is 2.49. The Morgan fingerprint density at radius 1 is 1.25 bits per heavy atom. The third kappa shape index (κ3) is 1.99. The third-order valence-electron chi connectivity index (χ3n) is 2.48. The number of hydrogen-bond donors (Lipinski definition) is 1. The van der Waals surface area contributed by atoms with Gasteiger partial charge < -0.3 is 5.11 Å². The van der Waals surface area contributed by atoms with E-state index >= 15 is 0 Å². The summed E-state index contributed by atoms with van der Waals surface area (Å²) in [6.45, 7) is 3.85. The van der Waals surface area contributed by atoms with Gasteiger partial charge in [0.1, 0.15) is 0 Å². The van der Waals surface area contributed by atoms with Crippen molar-refractivity contribution in [2.75, 3.05) is 0 Å². The number of thiophene rings is 1. The van der Waals surface area contributed by atoms with Crippen molar-refractivity contribution in [3.05, 3.63) is 46.3 Å². The van der Waals surface area contributed by atoms with Crippen LogP contribution in [0.2, 0.25) is 0 Å². The van der Waals surface area contributed by atoms with E-state index in [-0.39, 0.29) is 0 Å². The van der Waals surface area contributed by atoms with Crippen LogP contribution in [0.25, 0.3) is 10.4 Å². The molecule has 3 heteroatoms. The number of benzene rings is 1. The summed E-state index contributed by atoms with van der Waals surface area (Å²) in [4.78, 5) is 12.1. The Bertz CT molecular complexity index is 541. The van der Waals surface area contributed by atoms with Gasteiger partial charge >= 0.3 is 5.97 Å². The van der Waals surface area contributed by atoms with Crippen LogP contribution in [0.3, 0.4) is 0 Å². The van der Waals surface area contributed by atoms with Gasteiger partial charge in [-0.1, -0.05) is 12.1 Å². The maximum absolute atomic E-state index is 11.0. The second-order valence-electron chi connectivity index (χ2n) is 3.82. The molecule has 0 saturated heterocycles. The number of rotatable bonds is 2.